The minimum atomic E-state index is -0.0427. The van der Waals surface area contributed by atoms with E-state index in [4.69, 9.17) is 28.9 Å². The molecule has 0 saturated carbocycles. The monoisotopic (exact) mass is 406 g/mol. The number of piperidine rings is 1. The van der Waals surface area contributed by atoms with Crippen LogP contribution >= 0.6 is 23.2 Å². The first-order valence-electron chi connectivity index (χ1n) is 8.89. The normalized spacial score (nSPS) is 16.1. The van der Waals surface area contributed by atoms with Crippen molar-refractivity contribution in [2.24, 2.45) is 5.73 Å². The quantitative estimate of drug-likeness (QED) is 0.629. The largest absolute Gasteiger partial charge is 0.342 e. The zero-order valence-corrected chi connectivity index (χ0v) is 17.3. The Morgan fingerprint density at radius 3 is 2.48 bits per heavy atom. The van der Waals surface area contributed by atoms with Gasteiger partial charge in [-0.1, -0.05) is 35.3 Å². The van der Waals surface area contributed by atoms with Crippen molar-refractivity contribution in [1.82, 2.24) is 19.9 Å². The Morgan fingerprint density at radius 2 is 1.85 bits per heavy atom. The summed E-state index contributed by atoms with van der Waals surface area (Å²) in [5, 5.41) is 1.27. The highest BCUT2D eigenvalue weighted by molar-refractivity contribution is 6.42. The lowest BCUT2D eigenvalue weighted by molar-refractivity contribution is 0.362. The van der Waals surface area contributed by atoms with Crippen LogP contribution in [0, 0.1) is 13.8 Å². The molecule has 2 aromatic heterocycles. The van der Waals surface area contributed by atoms with Gasteiger partial charge in [-0.25, -0.2) is 9.97 Å². The maximum atomic E-state index is 6.13. The molecule has 0 radical (unpaired) electrons. The number of fused-ring (bicyclic) bond motifs is 1. The number of rotatable bonds is 1. The lowest BCUT2D eigenvalue weighted by Crippen LogP contribution is -2.48. The highest BCUT2D eigenvalue weighted by Gasteiger charge is 2.27. The van der Waals surface area contributed by atoms with Crippen LogP contribution in [0.1, 0.15) is 31.2 Å². The maximum absolute atomic E-state index is 6.13. The van der Waals surface area contributed by atoms with E-state index in [2.05, 4.69) is 31.8 Å². The first-order chi connectivity index (χ1) is 12.7. The summed E-state index contributed by atoms with van der Waals surface area (Å²) < 4.78 is 0. The van der Waals surface area contributed by atoms with Crippen molar-refractivity contribution in [2.75, 3.05) is 18.0 Å². The summed E-state index contributed by atoms with van der Waals surface area (Å²) in [4.78, 5) is 18.5. The third-order valence-corrected chi connectivity index (χ3v) is 5.61. The van der Waals surface area contributed by atoms with Gasteiger partial charge in [-0.3, -0.25) is 0 Å². The molecule has 1 aromatic carbocycles. The molecule has 3 aromatic rings. The molecule has 1 aliphatic heterocycles. The first-order valence-corrected chi connectivity index (χ1v) is 9.64. The molecule has 0 bridgehead atoms. The number of nitrogens with one attached hydrogen (secondary N) is 1. The van der Waals surface area contributed by atoms with Crippen LogP contribution < -0.4 is 10.6 Å². The minimum Gasteiger partial charge on any atom is -0.342 e. The number of hydrogen-bond donors (Lipinski definition) is 2. The Kier molecular flexibility index (Phi) is 5.89. The Labute approximate surface area is 169 Å². The Balaban J connectivity index is 0.000000197. The van der Waals surface area contributed by atoms with Crippen molar-refractivity contribution in [3.05, 3.63) is 45.8 Å². The second-order valence-electron chi connectivity index (χ2n) is 7.23. The van der Waals surface area contributed by atoms with Crippen molar-refractivity contribution >= 4 is 40.3 Å². The molecular weight excluding hydrogens is 383 g/mol. The molecule has 3 heterocycles. The van der Waals surface area contributed by atoms with E-state index >= 15 is 0 Å². The van der Waals surface area contributed by atoms with Crippen molar-refractivity contribution < 1.29 is 0 Å². The molecule has 0 unspecified atom stereocenters. The second kappa shape index (κ2) is 8.00. The van der Waals surface area contributed by atoms with Gasteiger partial charge in [0.2, 0.25) is 5.95 Å². The highest BCUT2D eigenvalue weighted by Crippen LogP contribution is 2.24. The van der Waals surface area contributed by atoms with Gasteiger partial charge in [0.25, 0.3) is 0 Å². The zero-order valence-electron chi connectivity index (χ0n) is 15.8. The van der Waals surface area contributed by atoms with Crippen LogP contribution in [0.25, 0.3) is 11.2 Å². The van der Waals surface area contributed by atoms with E-state index in [9.17, 15) is 0 Å². The fraction of sp³-hybridized carbons (Fsp3) is 0.421. The highest BCUT2D eigenvalue weighted by atomic mass is 35.5. The predicted octanol–water partition coefficient (Wildman–Crippen LogP) is 4.28. The molecular formula is C19H24Cl2N6. The summed E-state index contributed by atoms with van der Waals surface area (Å²) in [5.41, 5.74) is 8.73. The Hall–Kier alpha value is -1.89. The SMILES string of the molecule is Cc1cccc(Cl)c1Cl.Cc1ncc2[nH]c(N3CCC(C)(N)CC3)nc2n1. The average Bonchev–Trinajstić information content (AvgIpc) is 3.03. The van der Waals surface area contributed by atoms with Crippen LogP contribution in [0.4, 0.5) is 5.95 Å². The van der Waals surface area contributed by atoms with Gasteiger partial charge >= 0.3 is 0 Å². The molecule has 6 nitrogen and oxygen atoms in total. The Morgan fingerprint density at radius 1 is 1.15 bits per heavy atom. The third kappa shape index (κ3) is 4.89. The predicted molar refractivity (Wildman–Crippen MR) is 112 cm³/mol. The number of imidazole rings is 1. The molecule has 27 heavy (non-hydrogen) atoms. The number of aromatic amines is 1. The standard InChI is InChI=1S/C12H18N6.C7H6Cl2/c1-8-14-7-9-10(15-8)17-11(16-9)18-5-3-12(2,13)4-6-18;1-5-3-2-4-6(8)7(5)9/h7H,3-6,13H2,1-2H3,(H,14,15,16,17);2-4H,1H3. The van der Waals surface area contributed by atoms with Crippen LogP contribution in [-0.2, 0) is 0 Å². The number of anilines is 1. The molecule has 3 N–H and O–H groups in total. The van der Waals surface area contributed by atoms with E-state index in [1.54, 1.807) is 12.3 Å². The maximum Gasteiger partial charge on any atom is 0.205 e. The molecule has 8 heteroatoms. The zero-order chi connectivity index (χ0) is 19.6. The van der Waals surface area contributed by atoms with Gasteiger partial charge in [-0.15, -0.1) is 0 Å². The number of nitrogens with zero attached hydrogens (tertiary/aromatic N) is 4. The Bertz CT molecular complexity index is 907. The summed E-state index contributed by atoms with van der Waals surface area (Å²) >= 11 is 11.4. The molecule has 0 aliphatic carbocycles. The van der Waals surface area contributed by atoms with Gasteiger partial charge < -0.3 is 15.6 Å². The van der Waals surface area contributed by atoms with Crippen LogP contribution in [-0.4, -0.2) is 38.6 Å². The van der Waals surface area contributed by atoms with Crippen LogP contribution in [0.2, 0.25) is 10.0 Å². The van der Waals surface area contributed by atoms with Crippen molar-refractivity contribution in [3.8, 4) is 0 Å². The minimum absolute atomic E-state index is 0.0427. The number of aromatic nitrogens is 4. The van der Waals surface area contributed by atoms with Crippen LogP contribution in [0.5, 0.6) is 0 Å². The fourth-order valence-electron chi connectivity index (χ4n) is 2.87. The molecule has 144 valence electrons. The van der Waals surface area contributed by atoms with E-state index < -0.39 is 0 Å². The van der Waals surface area contributed by atoms with Gasteiger partial charge in [0, 0.05) is 18.6 Å². The number of aryl methyl sites for hydroxylation is 2. The van der Waals surface area contributed by atoms with Gasteiger partial charge in [-0.05, 0) is 45.2 Å². The summed E-state index contributed by atoms with van der Waals surface area (Å²) in [6.07, 6.45) is 3.74. The van der Waals surface area contributed by atoms with Gasteiger partial charge in [0.05, 0.1) is 16.2 Å². The number of hydrogen-bond acceptors (Lipinski definition) is 5. The number of benzene rings is 1. The molecule has 0 spiro atoms. The second-order valence-corrected chi connectivity index (χ2v) is 8.01. The summed E-state index contributed by atoms with van der Waals surface area (Å²) in [6, 6.07) is 5.58. The van der Waals surface area contributed by atoms with Crippen molar-refractivity contribution in [2.45, 2.75) is 39.2 Å². The van der Waals surface area contributed by atoms with Gasteiger partial charge in [0.1, 0.15) is 11.3 Å². The first kappa shape index (κ1) is 19.9. The van der Waals surface area contributed by atoms with Crippen molar-refractivity contribution in [3.63, 3.8) is 0 Å². The molecule has 0 amide bonds. The van der Waals surface area contributed by atoms with Gasteiger partial charge in [0.15, 0.2) is 5.65 Å². The molecule has 1 aliphatic rings. The fourth-order valence-corrected chi connectivity index (χ4v) is 3.22. The summed E-state index contributed by atoms with van der Waals surface area (Å²) in [7, 11) is 0. The lowest BCUT2D eigenvalue weighted by Gasteiger charge is -2.36. The molecule has 1 saturated heterocycles. The van der Waals surface area contributed by atoms with E-state index in [-0.39, 0.29) is 5.54 Å². The van der Waals surface area contributed by atoms with Crippen LogP contribution in [0.3, 0.4) is 0 Å². The van der Waals surface area contributed by atoms with E-state index in [1.165, 1.54) is 0 Å². The van der Waals surface area contributed by atoms with E-state index in [1.807, 2.05) is 26.0 Å². The smallest absolute Gasteiger partial charge is 0.205 e. The summed E-state index contributed by atoms with van der Waals surface area (Å²) in [5.74, 6) is 1.62. The van der Waals surface area contributed by atoms with E-state index in [0.717, 1.165) is 54.4 Å². The van der Waals surface area contributed by atoms with Crippen molar-refractivity contribution in [1.29, 1.82) is 0 Å². The third-order valence-electron chi connectivity index (χ3n) is 4.70. The number of halogens is 2. The van der Waals surface area contributed by atoms with E-state index in [0.29, 0.717) is 10.0 Å². The number of H-pyrrole nitrogens is 1. The molecule has 4 rings (SSSR count). The molecule has 1 fully saturated rings. The summed E-state index contributed by atoms with van der Waals surface area (Å²) in [6.45, 7) is 7.76. The van der Waals surface area contributed by atoms with Gasteiger partial charge in [-0.2, -0.15) is 4.98 Å². The lowest BCUT2D eigenvalue weighted by atomic mass is 9.91. The molecule has 0 atom stereocenters. The average molecular weight is 407 g/mol. The van der Waals surface area contributed by atoms with Crippen LogP contribution in [0.15, 0.2) is 24.4 Å². The topological polar surface area (TPSA) is 83.7 Å². The number of nitrogens with two attached hydrogens (primary N) is 1.